The highest BCUT2D eigenvalue weighted by Gasteiger charge is 2.14. The predicted octanol–water partition coefficient (Wildman–Crippen LogP) is 1.06. The van der Waals surface area contributed by atoms with E-state index in [1.807, 2.05) is 6.26 Å². The molecule has 0 fully saturated rings. The van der Waals surface area contributed by atoms with Crippen molar-refractivity contribution in [3.8, 4) is 0 Å². The maximum absolute atomic E-state index is 11.8. The fourth-order valence-electron chi connectivity index (χ4n) is 1.10. The highest BCUT2D eigenvalue weighted by Crippen LogP contribution is 2.10. The molecule has 1 aromatic rings. The minimum absolute atomic E-state index is 0.0359. The number of aromatic amines is 1. The molecule has 17 heavy (non-hydrogen) atoms. The van der Waals surface area contributed by atoms with Crippen molar-refractivity contribution in [1.29, 1.82) is 0 Å². The highest BCUT2D eigenvalue weighted by atomic mass is 35.5. The van der Waals surface area contributed by atoms with Crippen LogP contribution in [0.3, 0.4) is 0 Å². The Bertz CT molecular complexity index is 527. The van der Waals surface area contributed by atoms with Crippen LogP contribution in [0.5, 0.6) is 0 Å². The third-order valence-electron chi connectivity index (χ3n) is 1.96. The molecule has 0 atom stereocenters. The van der Waals surface area contributed by atoms with Gasteiger partial charge in [0.1, 0.15) is 5.02 Å². The molecule has 96 valence electrons. The molecule has 0 aromatic carbocycles. The van der Waals surface area contributed by atoms with E-state index in [1.165, 1.54) is 0 Å². The first-order chi connectivity index (χ1) is 7.97. The van der Waals surface area contributed by atoms with Crippen molar-refractivity contribution >= 4 is 33.4 Å². The van der Waals surface area contributed by atoms with Crippen molar-refractivity contribution in [2.75, 3.05) is 18.6 Å². The lowest BCUT2D eigenvalue weighted by Gasteiger charge is -2.06. The molecular formula is C9H13ClN2O3S2. The quantitative estimate of drug-likeness (QED) is 0.769. The van der Waals surface area contributed by atoms with E-state index in [0.717, 1.165) is 24.4 Å². The lowest BCUT2D eigenvalue weighted by atomic mass is 10.5. The number of halogens is 1. The van der Waals surface area contributed by atoms with Crippen LogP contribution >= 0.6 is 23.4 Å². The van der Waals surface area contributed by atoms with E-state index in [0.29, 0.717) is 6.54 Å². The molecule has 0 spiro atoms. The topological polar surface area (TPSA) is 79.0 Å². The van der Waals surface area contributed by atoms with Crippen molar-refractivity contribution in [1.82, 2.24) is 9.71 Å². The minimum atomic E-state index is -3.59. The van der Waals surface area contributed by atoms with E-state index >= 15 is 0 Å². The zero-order valence-corrected chi connectivity index (χ0v) is 11.6. The molecule has 0 amide bonds. The molecule has 5 nitrogen and oxygen atoms in total. The molecule has 1 aromatic heterocycles. The minimum Gasteiger partial charge on any atom is -0.326 e. The fourth-order valence-corrected chi connectivity index (χ4v) is 2.84. The Labute approximate surface area is 109 Å². The van der Waals surface area contributed by atoms with E-state index in [1.54, 1.807) is 11.8 Å². The highest BCUT2D eigenvalue weighted by molar-refractivity contribution is 7.98. The van der Waals surface area contributed by atoms with Crippen molar-refractivity contribution in [2.24, 2.45) is 0 Å². The van der Waals surface area contributed by atoms with Crippen molar-refractivity contribution in [3.63, 3.8) is 0 Å². The van der Waals surface area contributed by atoms with Gasteiger partial charge in [0.2, 0.25) is 10.0 Å². The summed E-state index contributed by atoms with van der Waals surface area (Å²) >= 11 is 7.21. The maximum Gasteiger partial charge on any atom is 0.266 e. The normalized spacial score (nSPS) is 11.6. The second-order valence-corrected chi connectivity index (χ2v) is 6.42. The van der Waals surface area contributed by atoms with Gasteiger partial charge in [-0.2, -0.15) is 11.8 Å². The SMILES string of the molecule is CSCCCNS(=O)(=O)c1c[nH]c(=O)c(Cl)c1. The van der Waals surface area contributed by atoms with Gasteiger partial charge < -0.3 is 4.98 Å². The number of aromatic nitrogens is 1. The Balaban J connectivity index is 2.76. The third-order valence-corrected chi connectivity index (χ3v) is 4.38. The van der Waals surface area contributed by atoms with Gasteiger partial charge in [0, 0.05) is 12.7 Å². The third kappa shape index (κ3) is 4.34. The molecule has 0 unspecified atom stereocenters. The predicted molar refractivity (Wildman–Crippen MR) is 70.3 cm³/mol. The van der Waals surface area contributed by atoms with Gasteiger partial charge in [-0.1, -0.05) is 11.6 Å². The average Bonchev–Trinajstić information content (AvgIpc) is 2.28. The Morgan fingerprint density at radius 2 is 2.24 bits per heavy atom. The maximum atomic E-state index is 11.8. The van der Waals surface area contributed by atoms with Gasteiger partial charge in [-0.3, -0.25) is 4.79 Å². The van der Waals surface area contributed by atoms with Crippen LogP contribution in [0.4, 0.5) is 0 Å². The van der Waals surface area contributed by atoms with E-state index in [4.69, 9.17) is 11.6 Å². The Hall–Kier alpha value is -0.500. The Kier molecular flexibility index (Phi) is 5.51. The molecule has 0 aliphatic rings. The fraction of sp³-hybridized carbons (Fsp3) is 0.444. The van der Waals surface area contributed by atoms with E-state index in [-0.39, 0.29) is 9.92 Å². The van der Waals surface area contributed by atoms with Crippen LogP contribution in [-0.2, 0) is 10.0 Å². The van der Waals surface area contributed by atoms with Crippen LogP contribution in [0.2, 0.25) is 5.02 Å². The molecule has 2 N–H and O–H groups in total. The summed E-state index contributed by atoms with van der Waals surface area (Å²) < 4.78 is 26.0. The van der Waals surface area contributed by atoms with Crippen molar-refractivity contribution in [2.45, 2.75) is 11.3 Å². The van der Waals surface area contributed by atoms with Crippen LogP contribution < -0.4 is 10.3 Å². The molecule has 0 bridgehead atoms. The smallest absolute Gasteiger partial charge is 0.266 e. The number of thioether (sulfide) groups is 1. The zero-order chi connectivity index (χ0) is 12.9. The standard InChI is InChI=1S/C9H13ClN2O3S2/c1-16-4-2-3-12-17(14,15)7-5-8(10)9(13)11-6-7/h5-6,12H,2-4H2,1H3,(H,11,13). The van der Waals surface area contributed by atoms with Crippen LogP contribution in [0.15, 0.2) is 22.0 Å². The number of nitrogens with one attached hydrogen (secondary N) is 2. The van der Waals surface area contributed by atoms with Gasteiger partial charge in [-0.15, -0.1) is 0 Å². The van der Waals surface area contributed by atoms with Gasteiger partial charge in [-0.05, 0) is 24.5 Å². The number of hydrogen-bond acceptors (Lipinski definition) is 4. The summed E-state index contributed by atoms with van der Waals surface area (Å²) in [6, 6.07) is 1.14. The molecule has 0 aliphatic heterocycles. The average molecular weight is 297 g/mol. The van der Waals surface area contributed by atoms with Gasteiger partial charge in [-0.25, -0.2) is 13.1 Å². The van der Waals surface area contributed by atoms with Gasteiger partial charge in [0.15, 0.2) is 0 Å². The number of sulfonamides is 1. The molecular weight excluding hydrogens is 284 g/mol. The molecule has 1 rings (SSSR count). The summed E-state index contributed by atoms with van der Waals surface area (Å²) in [6.07, 6.45) is 3.83. The van der Waals surface area contributed by atoms with Crippen molar-refractivity contribution < 1.29 is 8.42 Å². The second kappa shape index (κ2) is 6.44. The summed E-state index contributed by atoms with van der Waals surface area (Å²) in [5, 5.41) is -0.142. The Morgan fingerprint density at radius 3 is 2.82 bits per heavy atom. The first-order valence-corrected chi connectivity index (χ1v) is 8.09. The van der Waals surface area contributed by atoms with Crippen molar-refractivity contribution in [3.05, 3.63) is 27.6 Å². The van der Waals surface area contributed by atoms with Gasteiger partial charge >= 0.3 is 0 Å². The molecule has 0 radical (unpaired) electrons. The van der Waals surface area contributed by atoms with E-state index in [9.17, 15) is 13.2 Å². The van der Waals surface area contributed by atoms with Crippen LogP contribution in [-0.4, -0.2) is 32.0 Å². The molecule has 0 saturated carbocycles. The molecule has 0 saturated heterocycles. The molecule has 8 heteroatoms. The Morgan fingerprint density at radius 1 is 1.53 bits per heavy atom. The summed E-state index contributed by atoms with van der Waals surface area (Å²) in [7, 11) is -3.59. The second-order valence-electron chi connectivity index (χ2n) is 3.26. The van der Waals surface area contributed by atoms with Crippen LogP contribution in [0.25, 0.3) is 0 Å². The molecule has 0 aliphatic carbocycles. The summed E-state index contributed by atoms with van der Waals surface area (Å²) in [5.74, 6) is 0.884. The first kappa shape index (κ1) is 14.6. The summed E-state index contributed by atoms with van der Waals surface area (Å²) in [6.45, 7) is 0.361. The number of H-pyrrole nitrogens is 1. The van der Waals surface area contributed by atoms with E-state index in [2.05, 4.69) is 9.71 Å². The summed E-state index contributed by atoms with van der Waals surface area (Å²) in [4.78, 5) is 13.2. The summed E-state index contributed by atoms with van der Waals surface area (Å²) in [5.41, 5.74) is -0.506. The van der Waals surface area contributed by atoms with Crippen LogP contribution in [0.1, 0.15) is 6.42 Å². The molecule has 1 heterocycles. The zero-order valence-electron chi connectivity index (χ0n) is 9.20. The number of pyridine rings is 1. The van der Waals surface area contributed by atoms with Gasteiger partial charge in [0.05, 0.1) is 4.90 Å². The van der Waals surface area contributed by atoms with Crippen LogP contribution in [0, 0.1) is 0 Å². The van der Waals surface area contributed by atoms with Gasteiger partial charge in [0.25, 0.3) is 5.56 Å². The lowest BCUT2D eigenvalue weighted by molar-refractivity contribution is 0.580. The lowest BCUT2D eigenvalue weighted by Crippen LogP contribution is -2.26. The van der Waals surface area contributed by atoms with E-state index < -0.39 is 15.6 Å². The first-order valence-electron chi connectivity index (χ1n) is 4.84. The number of rotatable bonds is 6. The largest absolute Gasteiger partial charge is 0.326 e. The number of hydrogen-bond donors (Lipinski definition) is 2. The monoisotopic (exact) mass is 296 g/mol.